The highest BCUT2D eigenvalue weighted by Gasteiger charge is 2.37. The van der Waals surface area contributed by atoms with Gasteiger partial charge in [-0.2, -0.15) is 0 Å². The van der Waals surface area contributed by atoms with Crippen molar-refractivity contribution in [2.75, 3.05) is 33.2 Å². The molecule has 1 saturated carbocycles. The van der Waals surface area contributed by atoms with Gasteiger partial charge in [0.2, 0.25) is 0 Å². The first-order valence-corrected chi connectivity index (χ1v) is 9.54. The summed E-state index contributed by atoms with van der Waals surface area (Å²) in [4.78, 5) is 6.99. The van der Waals surface area contributed by atoms with E-state index in [4.69, 9.17) is 0 Å². The number of rotatable bonds is 6. The Labute approximate surface area is 169 Å². The Kier molecular flexibility index (Phi) is 8.49. The summed E-state index contributed by atoms with van der Waals surface area (Å²) in [5.74, 6) is 2.45. The van der Waals surface area contributed by atoms with Crippen molar-refractivity contribution >= 4 is 29.9 Å². The number of aliphatic imine (C=N–C) groups is 1. The van der Waals surface area contributed by atoms with Crippen molar-refractivity contribution in [3.05, 3.63) is 35.9 Å². The molecule has 1 saturated heterocycles. The van der Waals surface area contributed by atoms with E-state index in [1.54, 1.807) is 0 Å². The lowest BCUT2D eigenvalue weighted by Gasteiger charge is -2.32. The molecule has 0 radical (unpaired) electrons. The first kappa shape index (κ1) is 20.5. The zero-order valence-corrected chi connectivity index (χ0v) is 17.9. The lowest BCUT2D eigenvalue weighted by Crippen LogP contribution is -2.49. The molecule has 2 atom stereocenters. The molecule has 0 bridgehead atoms. The zero-order chi connectivity index (χ0) is 16.8. The summed E-state index contributed by atoms with van der Waals surface area (Å²) in [7, 11) is 1.88. The van der Waals surface area contributed by atoms with Gasteiger partial charge in [-0.05, 0) is 49.6 Å². The summed E-state index contributed by atoms with van der Waals surface area (Å²) >= 11 is 0. The highest BCUT2D eigenvalue weighted by Crippen LogP contribution is 2.46. The standard InChI is InChI=1S/C20H32N4.HI/c1-3-11-24-12-9-18(10-13-24)23-20(21-2)22-15-17-14-19(17)16-7-5-4-6-8-16;/h4-8,17-19H,3,9-15H2,1-2H3,(H2,21,22,23);1H. The minimum atomic E-state index is 0. The number of benzene rings is 1. The van der Waals surface area contributed by atoms with E-state index in [-0.39, 0.29) is 24.0 Å². The van der Waals surface area contributed by atoms with Gasteiger partial charge in [-0.1, -0.05) is 37.3 Å². The van der Waals surface area contributed by atoms with Gasteiger partial charge in [0.15, 0.2) is 5.96 Å². The third kappa shape index (κ3) is 6.13. The minimum absolute atomic E-state index is 0. The van der Waals surface area contributed by atoms with Crippen molar-refractivity contribution in [1.82, 2.24) is 15.5 Å². The number of likely N-dealkylation sites (tertiary alicyclic amines) is 1. The number of hydrogen-bond donors (Lipinski definition) is 2. The Balaban J connectivity index is 0.00000225. The molecule has 0 spiro atoms. The summed E-state index contributed by atoms with van der Waals surface area (Å²) in [6.45, 7) is 6.94. The van der Waals surface area contributed by atoms with Gasteiger partial charge in [0.05, 0.1) is 0 Å². The second-order valence-electron chi connectivity index (χ2n) is 7.23. The van der Waals surface area contributed by atoms with Crippen molar-refractivity contribution in [2.24, 2.45) is 10.9 Å². The molecule has 3 rings (SSSR count). The molecule has 0 aromatic heterocycles. The van der Waals surface area contributed by atoms with E-state index in [2.05, 4.69) is 57.8 Å². The van der Waals surface area contributed by atoms with Crippen LogP contribution in [0, 0.1) is 5.92 Å². The van der Waals surface area contributed by atoms with Crippen LogP contribution in [0.5, 0.6) is 0 Å². The van der Waals surface area contributed by atoms with E-state index in [0.717, 1.165) is 24.3 Å². The van der Waals surface area contributed by atoms with Gasteiger partial charge in [-0.3, -0.25) is 4.99 Å². The molecule has 1 aliphatic heterocycles. The molecule has 1 aromatic rings. The lowest BCUT2D eigenvalue weighted by atomic mass is 10.1. The number of nitrogens with one attached hydrogen (secondary N) is 2. The fourth-order valence-corrected chi connectivity index (χ4v) is 3.81. The first-order chi connectivity index (χ1) is 11.8. The normalized spacial score (nSPS) is 24.5. The molecule has 2 aliphatic rings. The molecule has 4 nitrogen and oxygen atoms in total. The van der Waals surface area contributed by atoms with Crippen LogP contribution in [0.4, 0.5) is 0 Å². The van der Waals surface area contributed by atoms with Crippen molar-refractivity contribution in [1.29, 1.82) is 0 Å². The summed E-state index contributed by atoms with van der Waals surface area (Å²) in [5, 5.41) is 7.16. The van der Waals surface area contributed by atoms with Gasteiger partial charge in [0.25, 0.3) is 0 Å². The maximum absolute atomic E-state index is 4.42. The van der Waals surface area contributed by atoms with Gasteiger partial charge < -0.3 is 15.5 Å². The van der Waals surface area contributed by atoms with Gasteiger partial charge >= 0.3 is 0 Å². The molecule has 1 heterocycles. The van der Waals surface area contributed by atoms with E-state index < -0.39 is 0 Å². The van der Waals surface area contributed by atoms with Crippen LogP contribution in [0.3, 0.4) is 0 Å². The number of hydrogen-bond acceptors (Lipinski definition) is 2. The quantitative estimate of drug-likeness (QED) is 0.392. The predicted octanol–water partition coefficient (Wildman–Crippen LogP) is 3.45. The highest BCUT2D eigenvalue weighted by molar-refractivity contribution is 14.0. The Morgan fingerprint density at radius 1 is 1.20 bits per heavy atom. The van der Waals surface area contributed by atoms with Gasteiger partial charge in [-0.25, -0.2) is 0 Å². The zero-order valence-electron chi connectivity index (χ0n) is 15.6. The molecular formula is C20H33IN4. The molecule has 2 unspecified atom stereocenters. The molecule has 0 amide bonds. The maximum atomic E-state index is 4.42. The number of guanidine groups is 1. The molecular weight excluding hydrogens is 423 g/mol. The smallest absolute Gasteiger partial charge is 0.191 e. The van der Waals surface area contributed by atoms with E-state index in [9.17, 15) is 0 Å². The van der Waals surface area contributed by atoms with Crippen molar-refractivity contribution in [2.45, 2.75) is 44.6 Å². The maximum Gasteiger partial charge on any atom is 0.191 e. The van der Waals surface area contributed by atoms with E-state index in [1.165, 1.54) is 50.9 Å². The van der Waals surface area contributed by atoms with Crippen molar-refractivity contribution < 1.29 is 0 Å². The van der Waals surface area contributed by atoms with Gasteiger partial charge in [-0.15, -0.1) is 24.0 Å². The van der Waals surface area contributed by atoms with Crippen LogP contribution in [0.25, 0.3) is 0 Å². The molecule has 2 N–H and O–H groups in total. The number of halogens is 1. The van der Waals surface area contributed by atoms with E-state index in [0.29, 0.717) is 6.04 Å². The Morgan fingerprint density at radius 3 is 2.56 bits per heavy atom. The van der Waals surface area contributed by atoms with E-state index >= 15 is 0 Å². The Hall–Kier alpha value is -0.820. The van der Waals surface area contributed by atoms with Crippen molar-refractivity contribution in [3.63, 3.8) is 0 Å². The largest absolute Gasteiger partial charge is 0.356 e. The van der Waals surface area contributed by atoms with Crippen LogP contribution in [0.1, 0.15) is 44.1 Å². The summed E-state index contributed by atoms with van der Waals surface area (Å²) in [6, 6.07) is 11.4. The van der Waals surface area contributed by atoms with Crippen LogP contribution in [-0.4, -0.2) is 50.1 Å². The van der Waals surface area contributed by atoms with Crippen LogP contribution < -0.4 is 10.6 Å². The third-order valence-electron chi connectivity index (χ3n) is 5.37. The lowest BCUT2D eigenvalue weighted by molar-refractivity contribution is 0.206. The fraction of sp³-hybridized carbons (Fsp3) is 0.650. The Bertz CT molecular complexity index is 526. The Morgan fingerprint density at radius 2 is 1.92 bits per heavy atom. The highest BCUT2D eigenvalue weighted by atomic mass is 127. The summed E-state index contributed by atoms with van der Waals surface area (Å²) < 4.78 is 0. The summed E-state index contributed by atoms with van der Waals surface area (Å²) in [6.07, 6.45) is 4.99. The predicted molar refractivity (Wildman–Crippen MR) is 117 cm³/mol. The van der Waals surface area contributed by atoms with Gasteiger partial charge in [0.1, 0.15) is 0 Å². The molecule has 25 heavy (non-hydrogen) atoms. The second kappa shape index (κ2) is 10.4. The van der Waals surface area contributed by atoms with Crippen LogP contribution >= 0.6 is 24.0 Å². The molecule has 5 heteroatoms. The number of nitrogens with zero attached hydrogens (tertiary/aromatic N) is 2. The average Bonchev–Trinajstić information content (AvgIpc) is 3.41. The fourth-order valence-electron chi connectivity index (χ4n) is 3.81. The molecule has 1 aromatic carbocycles. The second-order valence-corrected chi connectivity index (χ2v) is 7.23. The third-order valence-corrected chi connectivity index (χ3v) is 5.37. The topological polar surface area (TPSA) is 39.7 Å². The summed E-state index contributed by atoms with van der Waals surface area (Å²) in [5.41, 5.74) is 1.48. The minimum Gasteiger partial charge on any atom is -0.356 e. The molecule has 1 aliphatic carbocycles. The van der Waals surface area contributed by atoms with Crippen LogP contribution in [0.15, 0.2) is 35.3 Å². The van der Waals surface area contributed by atoms with Gasteiger partial charge in [0, 0.05) is 32.7 Å². The SMILES string of the molecule is CCCN1CCC(NC(=NC)NCC2CC2c2ccccc2)CC1.I. The number of piperidine rings is 1. The van der Waals surface area contributed by atoms with E-state index in [1.807, 2.05) is 7.05 Å². The average molecular weight is 456 g/mol. The van der Waals surface area contributed by atoms with Crippen LogP contribution in [0.2, 0.25) is 0 Å². The molecule has 140 valence electrons. The molecule has 2 fully saturated rings. The van der Waals surface area contributed by atoms with Crippen LogP contribution in [-0.2, 0) is 0 Å². The van der Waals surface area contributed by atoms with Crippen molar-refractivity contribution in [3.8, 4) is 0 Å². The first-order valence-electron chi connectivity index (χ1n) is 9.54. The monoisotopic (exact) mass is 456 g/mol.